The van der Waals surface area contributed by atoms with Gasteiger partial charge in [0.05, 0.1) is 0 Å². The number of hydrogen-bond acceptors (Lipinski definition) is 2. The van der Waals surface area contributed by atoms with E-state index in [0.29, 0.717) is 10.8 Å². The molecule has 1 saturated heterocycles. The van der Waals surface area contributed by atoms with Gasteiger partial charge in [-0.3, -0.25) is 4.79 Å². The predicted molar refractivity (Wildman–Crippen MR) is 73.4 cm³/mol. The molecule has 2 atom stereocenters. The molecule has 1 amide bonds. The molecule has 1 aromatic carbocycles. The summed E-state index contributed by atoms with van der Waals surface area (Å²) in [6.45, 7) is 5.06. The molecule has 4 heteroatoms. The van der Waals surface area contributed by atoms with Crippen LogP contribution in [0.5, 0.6) is 0 Å². The van der Waals surface area contributed by atoms with Crippen molar-refractivity contribution < 1.29 is 9.18 Å². The standard InChI is InChI=1S/C14H18FNOS/c1-3-13-10(2)18-9-8-16(13)14(17)11-4-6-12(15)7-5-11/h4-7,10,13H,3,8-9H2,1-2H3. The van der Waals surface area contributed by atoms with Crippen molar-refractivity contribution in [2.75, 3.05) is 12.3 Å². The number of nitrogens with zero attached hydrogens (tertiary/aromatic N) is 1. The second kappa shape index (κ2) is 5.74. The molecule has 18 heavy (non-hydrogen) atoms. The highest BCUT2D eigenvalue weighted by molar-refractivity contribution is 8.00. The molecule has 0 saturated carbocycles. The summed E-state index contributed by atoms with van der Waals surface area (Å²) in [5.41, 5.74) is 0.578. The normalized spacial score (nSPS) is 24.1. The van der Waals surface area contributed by atoms with Crippen molar-refractivity contribution in [3.05, 3.63) is 35.6 Å². The number of halogens is 1. The summed E-state index contributed by atoms with van der Waals surface area (Å²) in [4.78, 5) is 14.4. The minimum atomic E-state index is -0.304. The fraction of sp³-hybridized carbons (Fsp3) is 0.500. The largest absolute Gasteiger partial charge is 0.334 e. The number of rotatable bonds is 2. The lowest BCUT2D eigenvalue weighted by Gasteiger charge is -2.39. The van der Waals surface area contributed by atoms with Crippen molar-refractivity contribution in [3.63, 3.8) is 0 Å². The lowest BCUT2D eigenvalue weighted by Crippen LogP contribution is -2.49. The van der Waals surface area contributed by atoms with Crippen molar-refractivity contribution in [2.45, 2.75) is 31.6 Å². The lowest BCUT2D eigenvalue weighted by molar-refractivity contribution is 0.0678. The second-order valence-electron chi connectivity index (χ2n) is 4.56. The van der Waals surface area contributed by atoms with Gasteiger partial charge in [0.25, 0.3) is 5.91 Å². The maximum atomic E-state index is 12.9. The highest BCUT2D eigenvalue weighted by Crippen LogP contribution is 2.27. The van der Waals surface area contributed by atoms with E-state index in [-0.39, 0.29) is 17.8 Å². The first kappa shape index (κ1) is 13.4. The topological polar surface area (TPSA) is 20.3 Å². The van der Waals surface area contributed by atoms with Gasteiger partial charge in [-0.05, 0) is 30.7 Å². The molecule has 1 aromatic rings. The number of benzene rings is 1. The van der Waals surface area contributed by atoms with Crippen LogP contribution in [0.25, 0.3) is 0 Å². The predicted octanol–water partition coefficient (Wildman–Crippen LogP) is 3.18. The third kappa shape index (κ3) is 2.69. The van der Waals surface area contributed by atoms with Crippen LogP contribution in [0.2, 0.25) is 0 Å². The molecule has 2 unspecified atom stereocenters. The van der Waals surface area contributed by atoms with Crippen molar-refractivity contribution in [1.82, 2.24) is 4.90 Å². The minimum absolute atomic E-state index is 0.0222. The first-order valence-electron chi connectivity index (χ1n) is 6.31. The van der Waals surface area contributed by atoms with Gasteiger partial charge in [0.15, 0.2) is 0 Å². The molecule has 1 aliphatic heterocycles. The van der Waals surface area contributed by atoms with E-state index in [1.54, 1.807) is 12.1 Å². The number of thioether (sulfide) groups is 1. The van der Waals surface area contributed by atoms with E-state index >= 15 is 0 Å². The highest BCUT2D eigenvalue weighted by Gasteiger charge is 2.31. The van der Waals surface area contributed by atoms with Crippen LogP contribution in [0.4, 0.5) is 4.39 Å². The van der Waals surface area contributed by atoms with E-state index in [0.717, 1.165) is 18.7 Å². The van der Waals surface area contributed by atoms with Crippen LogP contribution in [-0.4, -0.2) is 34.4 Å². The third-order valence-electron chi connectivity index (χ3n) is 3.43. The summed E-state index contributed by atoms with van der Waals surface area (Å²) in [6.07, 6.45) is 0.959. The van der Waals surface area contributed by atoms with Crippen LogP contribution in [0.3, 0.4) is 0 Å². The summed E-state index contributed by atoms with van der Waals surface area (Å²) in [7, 11) is 0. The molecule has 1 fully saturated rings. The van der Waals surface area contributed by atoms with E-state index in [1.807, 2.05) is 16.7 Å². The average molecular weight is 267 g/mol. The molecule has 0 aromatic heterocycles. The summed E-state index contributed by atoms with van der Waals surface area (Å²) >= 11 is 1.92. The quantitative estimate of drug-likeness (QED) is 0.820. The Kier molecular flexibility index (Phi) is 4.27. The smallest absolute Gasteiger partial charge is 0.254 e. The van der Waals surface area contributed by atoms with Gasteiger partial charge in [0.2, 0.25) is 0 Å². The Morgan fingerprint density at radius 3 is 2.72 bits per heavy atom. The molecule has 1 aliphatic rings. The van der Waals surface area contributed by atoms with Gasteiger partial charge < -0.3 is 4.90 Å². The average Bonchev–Trinajstić information content (AvgIpc) is 2.38. The molecule has 1 heterocycles. The van der Waals surface area contributed by atoms with Crippen LogP contribution in [-0.2, 0) is 0 Å². The van der Waals surface area contributed by atoms with Gasteiger partial charge in [-0.1, -0.05) is 13.8 Å². The van der Waals surface area contributed by atoms with Crippen LogP contribution < -0.4 is 0 Å². The Morgan fingerprint density at radius 2 is 2.11 bits per heavy atom. The van der Waals surface area contributed by atoms with Gasteiger partial charge >= 0.3 is 0 Å². The zero-order valence-corrected chi connectivity index (χ0v) is 11.5. The number of hydrogen-bond donors (Lipinski definition) is 0. The summed E-state index contributed by atoms with van der Waals surface area (Å²) < 4.78 is 12.9. The van der Waals surface area contributed by atoms with E-state index < -0.39 is 0 Å². The van der Waals surface area contributed by atoms with Gasteiger partial charge in [-0.2, -0.15) is 11.8 Å². The van der Waals surface area contributed by atoms with Gasteiger partial charge in [-0.15, -0.1) is 0 Å². The first-order chi connectivity index (χ1) is 8.63. The molecule has 2 nitrogen and oxygen atoms in total. The lowest BCUT2D eigenvalue weighted by atomic mass is 10.1. The first-order valence-corrected chi connectivity index (χ1v) is 7.36. The van der Waals surface area contributed by atoms with Crippen molar-refractivity contribution in [3.8, 4) is 0 Å². The van der Waals surface area contributed by atoms with E-state index in [9.17, 15) is 9.18 Å². The van der Waals surface area contributed by atoms with E-state index in [2.05, 4.69) is 13.8 Å². The molecule has 0 aliphatic carbocycles. The van der Waals surface area contributed by atoms with Crippen LogP contribution in [0, 0.1) is 5.82 Å². The minimum Gasteiger partial charge on any atom is -0.334 e. The highest BCUT2D eigenvalue weighted by atomic mass is 32.2. The van der Waals surface area contributed by atoms with Crippen LogP contribution >= 0.6 is 11.8 Å². The molecular formula is C14H18FNOS. The molecule has 0 spiro atoms. The zero-order chi connectivity index (χ0) is 13.1. The number of carbonyl (C=O) groups is 1. The summed E-state index contributed by atoms with van der Waals surface area (Å²) in [5.74, 6) is 0.695. The molecule has 0 bridgehead atoms. The van der Waals surface area contributed by atoms with Crippen molar-refractivity contribution in [2.24, 2.45) is 0 Å². The number of carbonyl (C=O) groups excluding carboxylic acids is 1. The fourth-order valence-electron chi connectivity index (χ4n) is 2.43. The Bertz CT molecular complexity index is 420. The van der Waals surface area contributed by atoms with Crippen molar-refractivity contribution in [1.29, 1.82) is 0 Å². The van der Waals surface area contributed by atoms with Gasteiger partial charge in [-0.25, -0.2) is 4.39 Å². The van der Waals surface area contributed by atoms with Crippen LogP contribution in [0.15, 0.2) is 24.3 Å². The van der Waals surface area contributed by atoms with Gasteiger partial charge in [0.1, 0.15) is 5.82 Å². The SMILES string of the molecule is CCC1C(C)SCCN1C(=O)c1ccc(F)cc1. The number of amides is 1. The fourth-order valence-corrected chi connectivity index (χ4v) is 3.67. The molecule has 2 rings (SSSR count). The molecule has 98 valence electrons. The molecular weight excluding hydrogens is 249 g/mol. The van der Waals surface area contributed by atoms with E-state index in [1.165, 1.54) is 12.1 Å². The maximum Gasteiger partial charge on any atom is 0.254 e. The maximum absolute atomic E-state index is 12.9. The Labute approximate surface area is 112 Å². The monoisotopic (exact) mass is 267 g/mol. The van der Waals surface area contributed by atoms with E-state index in [4.69, 9.17) is 0 Å². The Hall–Kier alpha value is -1.03. The molecule has 0 radical (unpaired) electrons. The van der Waals surface area contributed by atoms with Crippen molar-refractivity contribution >= 4 is 17.7 Å². The summed E-state index contributed by atoms with van der Waals surface area (Å²) in [6, 6.07) is 6.10. The Morgan fingerprint density at radius 1 is 1.44 bits per heavy atom. The zero-order valence-electron chi connectivity index (χ0n) is 10.7. The summed E-state index contributed by atoms with van der Waals surface area (Å²) in [5, 5.41) is 0.466. The Balaban J connectivity index is 2.18. The van der Waals surface area contributed by atoms with Crippen LogP contribution in [0.1, 0.15) is 30.6 Å². The third-order valence-corrected chi connectivity index (χ3v) is 4.68. The second-order valence-corrected chi connectivity index (χ2v) is 6.04. The molecule has 0 N–H and O–H groups in total. The van der Waals surface area contributed by atoms with Gasteiger partial charge in [0, 0.05) is 29.2 Å².